The predicted molar refractivity (Wildman–Crippen MR) is 198 cm³/mol. The molecule has 0 bridgehead atoms. The summed E-state index contributed by atoms with van der Waals surface area (Å²) in [6.07, 6.45) is 15.7. The second-order valence-corrected chi connectivity index (χ2v) is 22.3. The number of fused-ring (bicyclic) bond motifs is 7. The Hall–Kier alpha value is -1.68. The Balaban J connectivity index is 1.14. The zero-order chi connectivity index (χ0) is 37.4. The van der Waals surface area contributed by atoms with E-state index in [2.05, 4.69) is 39.3 Å². The number of nitrogens with one attached hydrogen (secondary N) is 1. The number of carbonyl (C=O) groups excluding carboxylic acids is 2. The molecular formula is C41H68N2O7S. The van der Waals surface area contributed by atoms with Crippen LogP contribution in [0.5, 0.6) is 0 Å². The van der Waals surface area contributed by atoms with Crippen LogP contribution in [0, 0.1) is 56.2 Å². The molecule has 0 radical (unpaired) electrons. The average molecular weight is 733 g/mol. The summed E-state index contributed by atoms with van der Waals surface area (Å²) in [5, 5.41) is 9.32. The van der Waals surface area contributed by atoms with Gasteiger partial charge < -0.3 is 14.7 Å². The number of carbonyl (C=O) groups is 3. The third-order valence-corrected chi connectivity index (χ3v) is 17.5. The number of hydrogen-bond acceptors (Lipinski definition) is 6. The van der Waals surface area contributed by atoms with E-state index in [0.717, 1.165) is 32.1 Å². The Morgan fingerprint density at radius 3 is 2.14 bits per heavy atom. The first-order valence-electron chi connectivity index (χ1n) is 20.2. The van der Waals surface area contributed by atoms with Gasteiger partial charge in [0.15, 0.2) is 0 Å². The van der Waals surface area contributed by atoms with Gasteiger partial charge in [0.1, 0.15) is 6.10 Å². The third-order valence-electron chi connectivity index (χ3n) is 16.7. The normalized spacial score (nSPS) is 41.1. The zero-order valence-electron chi connectivity index (χ0n) is 32.9. The highest BCUT2D eigenvalue weighted by molar-refractivity contribution is 7.88. The van der Waals surface area contributed by atoms with Gasteiger partial charge in [-0.05, 0) is 128 Å². The van der Waals surface area contributed by atoms with Gasteiger partial charge in [0.25, 0.3) is 0 Å². The van der Waals surface area contributed by atoms with E-state index in [-0.39, 0.29) is 63.9 Å². The van der Waals surface area contributed by atoms with Crippen LogP contribution in [0.1, 0.15) is 151 Å². The molecule has 5 aliphatic carbocycles. The van der Waals surface area contributed by atoms with E-state index in [1.807, 2.05) is 18.7 Å². The lowest BCUT2D eigenvalue weighted by Crippen LogP contribution is -2.66. The predicted octanol–water partition coefficient (Wildman–Crippen LogP) is 7.57. The number of esters is 1. The molecule has 9 nitrogen and oxygen atoms in total. The van der Waals surface area contributed by atoms with Gasteiger partial charge in [-0.25, -0.2) is 13.1 Å². The fourth-order valence-corrected chi connectivity index (χ4v) is 15.1. The SMILES string of the molecule is CC(C)(CC(=O)O)CC(=O)O[C@H]1CC[C@@]2(C)C(CC[C@]3(C)C2CC[C@@H]2[C@H]4CCC[C@]4(CC(=O)N4CCC(NS(C)(=O)=O)CC4)CC[C@]23C)C1(C)C. The largest absolute Gasteiger partial charge is 0.481 e. The third kappa shape index (κ3) is 6.93. The van der Waals surface area contributed by atoms with Crippen molar-refractivity contribution in [3.8, 4) is 0 Å². The number of likely N-dealkylation sites (tertiary alicyclic amines) is 1. The van der Waals surface area contributed by atoms with Crippen LogP contribution in [0.3, 0.4) is 0 Å². The van der Waals surface area contributed by atoms with Gasteiger partial charge in [0, 0.05) is 31.0 Å². The maximum Gasteiger partial charge on any atom is 0.306 e. The van der Waals surface area contributed by atoms with Crippen molar-refractivity contribution in [3.05, 3.63) is 0 Å². The molecule has 5 saturated carbocycles. The number of hydrogen-bond donors (Lipinski definition) is 2. The molecule has 2 unspecified atom stereocenters. The topological polar surface area (TPSA) is 130 Å². The molecule has 1 aliphatic heterocycles. The minimum atomic E-state index is -3.25. The fourth-order valence-electron chi connectivity index (χ4n) is 14.2. The summed E-state index contributed by atoms with van der Waals surface area (Å²) in [5.41, 5.74) is -0.108. The summed E-state index contributed by atoms with van der Waals surface area (Å²) in [7, 11) is -3.25. The monoisotopic (exact) mass is 732 g/mol. The molecule has 6 rings (SSSR count). The van der Waals surface area contributed by atoms with Gasteiger partial charge in [-0.15, -0.1) is 0 Å². The van der Waals surface area contributed by atoms with Gasteiger partial charge in [-0.3, -0.25) is 14.4 Å². The smallest absolute Gasteiger partial charge is 0.306 e. The molecule has 0 aromatic rings. The van der Waals surface area contributed by atoms with Crippen LogP contribution in [-0.2, 0) is 29.1 Å². The van der Waals surface area contributed by atoms with Crippen molar-refractivity contribution in [2.24, 2.45) is 56.2 Å². The van der Waals surface area contributed by atoms with Crippen LogP contribution in [0.2, 0.25) is 0 Å². The Kier molecular flexibility index (Phi) is 10.1. The Bertz CT molecular complexity index is 1490. The number of sulfonamides is 1. The molecule has 9 atom stereocenters. The van der Waals surface area contributed by atoms with Gasteiger partial charge in [-0.2, -0.15) is 0 Å². The Labute approximate surface area is 308 Å². The minimum Gasteiger partial charge on any atom is -0.481 e. The molecule has 1 saturated heterocycles. The van der Waals surface area contributed by atoms with Crippen LogP contribution in [0.25, 0.3) is 0 Å². The molecule has 10 heteroatoms. The van der Waals surface area contributed by atoms with E-state index < -0.39 is 21.4 Å². The van der Waals surface area contributed by atoms with Gasteiger partial charge in [-0.1, -0.05) is 54.9 Å². The first kappa shape index (κ1) is 39.0. The van der Waals surface area contributed by atoms with E-state index >= 15 is 0 Å². The van der Waals surface area contributed by atoms with Crippen LogP contribution in [0.4, 0.5) is 0 Å². The second-order valence-electron chi connectivity index (χ2n) is 20.5. The maximum atomic E-state index is 13.9. The second kappa shape index (κ2) is 13.3. The highest BCUT2D eigenvalue weighted by atomic mass is 32.2. The Morgan fingerprint density at radius 2 is 1.49 bits per heavy atom. The summed E-state index contributed by atoms with van der Waals surface area (Å²) in [6.45, 7) is 17.4. The molecular weight excluding hydrogens is 665 g/mol. The lowest BCUT2D eigenvalue weighted by molar-refractivity contribution is -0.248. The van der Waals surface area contributed by atoms with E-state index in [1.165, 1.54) is 44.8 Å². The summed E-state index contributed by atoms with van der Waals surface area (Å²) in [6, 6.07) is -0.0804. The van der Waals surface area contributed by atoms with Crippen molar-refractivity contribution in [1.82, 2.24) is 9.62 Å². The van der Waals surface area contributed by atoms with Crippen LogP contribution >= 0.6 is 0 Å². The van der Waals surface area contributed by atoms with Crippen molar-refractivity contribution >= 4 is 27.9 Å². The molecule has 51 heavy (non-hydrogen) atoms. The number of ether oxygens (including phenoxy) is 1. The molecule has 6 aliphatic rings. The van der Waals surface area contributed by atoms with Crippen LogP contribution in [0.15, 0.2) is 0 Å². The molecule has 290 valence electrons. The molecule has 2 N–H and O–H groups in total. The zero-order valence-corrected chi connectivity index (χ0v) is 33.8. The number of rotatable bonds is 9. The van der Waals surface area contributed by atoms with Gasteiger partial charge in [0.05, 0.1) is 19.1 Å². The first-order valence-corrected chi connectivity index (χ1v) is 22.1. The summed E-state index contributed by atoms with van der Waals surface area (Å²) < 4.78 is 32.5. The van der Waals surface area contributed by atoms with Crippen LogP contribution < -0.4 is 4.72 Å². The number of piperidine rings is 1. The molecule has 0 aromatic carbocycles. The minimum absolute atomic E-state index is 0.0547. The molecule has 6 fully saturated rings. The quantitative estimate of drug-likeness (QED) is 0.234. The lowest BCUT2D eigenvalue weighted by atomic mass is 9.32. The molecule has 0 aromatic heterocycles. The van der Waals surface area contributed by atoms with Crippen molar-refractivity contribution < 1.29 is 32.6 Å². The lowest BCUT2D eigenvalue weighted by Gasteiger charge is -2.72. The number of carboxylic acids is 1. The summed E-state index contributed by atoms with van der Waals surface area (Å²) in [5.74, 6) is 1.39. The van der Waals surface area contributed by atoms with Crippen molar-refractivity contribution in [2.75, 3.05) is 19.3 Å². The van der Waals surface area contributed by atoms with E-state index in [4.69, 9.17) is 4.74 Å². The number of aliphatic carboxylic acids is 1. The standard InChI is InChI=1S/C41H68N2O7S/c1-36(2,25-34(45)46)26-35(47)50-32-14-18-38(5)30(37(32,3)4)13-19-40(7)31(38)12-11-28-29-10-9-17-41(29,21-20-39(28,40)6)24-33(44)43-22-15-27(16-23-43)42-51(8,48)49/h27-32,42H,9-26H2,1-8H3,(H,45,46)/t28-,29-,30?,31?,32+,38+,39-,40-,41-/m1/s1. The summed E-state index contributed by atoms with van der Waals surface area (Å²) in [4.78, 5) is 40.5. The van der Waals surface area contributed by atoms with Crippen molar-refractivity contribution in [2.45, 2.75) is 163 Å². The molecule has 1 amide bonds. The molecule has 0 spiro atoms. The van der Waals surface area contributed by atoms with Crippen molar-refractivity contribution in [1.29, 1.82) is 0 Å². The van der Waals surface area contributed by atoms with E-state index in [9.17, 15) is 27.9 Å². The maximum absolute atomic E-state index is 13.9. The molecule has 1 heterocycles. The van der Waals surface area contributed by atoms with Crippen molar-refractivity contribution in [3.63, 3.8) is 0 Å². The Morgan fingerprint density at radius 1 is 0.804 bits per heavy atom. The fraction of sp³-hybridized carbons (Fsp3) is 0.927. The van der Waals surface area contributed by atoms with Gasteiger partial charge in [0.2, 0.25) is 15.9 Å². The number of amides is 1. The average Bonchev–Trinajstić information content (AvgIpc) is 3.41. The van der Waals surface area contributed by atoms with E-state index in [1.54, 1.807) is 0 Å². The first-order chi connectivity index (χ1) is 23.6. The number of nitrogens with zero attached hydrogens (tertiary/aromatic N) is 1. The highest BCUT2D eigenvalue weighted by Crippen LogP contribution is 2.77. The highest BCUT2D eigenvalue weighted by Gasteiger charge is 2.70. The van der Waals surface area contributed by atoms with Gasteiger partial charge >= 0.3 is 11.9 Å². The van der Waals surface area contributed by atoms with Crippen LogP contribution in [-0.4, -0.2) is 67.8 Å². The number of carboxylic acid groups (broad SMARTS) is 1. The van der Waals surface area contributed by atoms with E-state index in [0.29, 0.717) is 56.0 Å². The summed E-state index contributed by atoms with van der Waals surface area (Å²) >= 11 is 0.